The molecule has 0 spiro atoms. The number of fused-ring (bicyclic) bond motifs is 2. The first-order chi connectivity index (χ1) is 18.0. The first kappa shape index (κ1) is 25.2. The van der Waals surface area contributed by atoms with E-state index in [2.05, 4.69) is 15.0 Å². The topological polar surface area (TPSA) is 78.2 Å². The average Bonchev–Trinajstić information content (AvgIpc) is 3.35. The molecule has 2 fully saturated rings. The van der Waals surface area contributed by atoms with Crippen molar-refractivity contribution in [3.8, 4) is 11.6 Å². The summed E-state index contributed by atoms with van der Waals surface area (Å²) in [5, 5.41) is 7.61. The fraction of sp³-hybridized carbons (Fsp3) is 0.440. The predicted molar refractivity (Wildman–Crippen MR) is 149 cm³/mol. The van der Waals surface area contributed by atoms with E-state index >= 15 is 0 Å². The molecule has 2 aliphatic rings. The lowest BCUT2D eigenvalue weighted by molar-refractivity contribution is -0.0366. The van der Waals surface area contributed by atoms with Crippen LogP contribution in [-0.4, -0.2) is 50.7 Å². The van der Waals surface area contributed by atoms with Crippen molar-refractivity contribution in [1.29, 1.82) is 0 Å². The minimum Gasteiger partial charge on any atom is -0.435 e. The quantitative estimate of drug-likeness (QED) is 0.136. The standard InChI is InChI=1S/C25H25Cl3N6O2S/c1-37-25-31-21-14(23(32-25)33-8-4-2-5-9-33)11-18(27)30-24(21)36-22-15-13-29-34(19-7-3-6-10-35-19)17(15)12-16(26)20(22)28/h11-13,19H,2-10H2,1H3. The van der Waals surface area contributed by atoms with Crippen LogP contribution >= 0.6 is 46.6 Å². The summed E-state index contributed by atoms with van der Waals surface area (Å²) >= 11 is 21.2. The van der Waals surface area contributed by atoms with Gasteiger partial charge in [0.1, 0.15) is 21.5 Å². The summed E-state index contributed by atoms with van der Waals surface area (Å²) in [6.07, 6.45) is 9.96. The van der Waals surface area contributed by atoms with Crippen molar-refractivity contribution in [1.82, 2.24) is 24.7 Å². The van der Waals surface area contributed by atoms with Crippen LogP contribution in [-0.2, 0) is 4.74 Å². The Morgan fingerprint density at radius 1 is 1.00 bits per heavy atom. The molecule has 12 heteroatoms. The molecule has 6 rings (SSSR count). The molecular weight excluding hydrogens is 555 g/mol. The van der Waals surface area contributed by atoms with Gasteiger partial charge in [-0.2, -0.15) is 10.1 Å². The van der Waals surface area contributed by atoms with Gasteiger partial charge in [-0.25, -0.2) is 14.6 Å². The Balaban J connectivity index is 1.49. The van der Waals surface area contributed by atoms with E-state index in [0.29, 0.717) is 33.4 Å². The van der Waals surface area contributed by atoms with Gasteiger partial charge in [0.2, 0.25) is 5.88 Å². The Morgan fingerprint density at radius 3 is 2.59 bits per heavy atom. The lowest BCUT2D eigenvalue weighted by Crippen LogP contribution is -2.30. The second-order valence-corrected chi connectivity index (χ2v) is 11.1. The number of halogens is 3. The monoisotopic (exact) mass is 578 g/mol. The van der Waals surface area contributed by atoms with Crippen molar-refractivity contribution < 1.29 is 9.47 Å². The van der Waals surface area contributed by atoms with Crippen LogP contribution < -0.4 is 9.64 Å². The molecule has 0 amide bonds. The van der Waals surface area contributed by atoms with E-state index < -0.39 is 0 Å². The Hall–Kier alpha value is -2.04. The summed E-state index contributed by atoms with van der Waals surface area (Å²) in [5.41, 5.74) is 1.34. The van der Waals surface area contributed by atoms with Gasteiger partial charge in [-0.15, -0.1) is 0 Å². The van der Waals surface area contributed by atoms with Gasteiger partial charge in [-0.05, 0) is 56.9 Å². The van der Waals surface area contributed by atoms with E-state index in [-0.39, 0.29) is 22.3 Å². The molecule has 0 bridgehead atoms. The predicted octanol–water partition coefficient (Wildman–Crippen LogP) is 7.54. The number of rotatable bonds is 5. The van der Waals surface area contributed by atoms with E-state index in [4.69, 9.17) is 54.2 Å². The van der Waals surface area contributed by atoms with Crippen LogP contribution in [0.4, 0.5) is 5.82 Å². The molecule has 194 valence electrons. The van der Waals surface area contributed by atoms with Crippen molar-refractivity contribution in [3.63, 3.8) is 0 Å². The third kappa shape index (κ3) is 4.81. The number of thioether (sulfide) groups is 1. The zero-order chi connectivity index (χ0) is 25.5. The van der Waals surface area contributed by atoms with Gasteiger partial charge in [0.25, 0.3) is 0 Å². The number of hydrogen-bond donors (Lipinski definition) is 0. The highest BCUT2D eigenvalue weighted by Crippen LogP contribution is 2.44. The number of nitrogens with zero attached hydrogens (tertiary/aromatic N) is 6. The lowest BCUT2D eigenvalue weighted by atomic mass is 10.1. The summed E-state index contributed by atoms with van der Waals surface area (Å²) in [4.78, 5) is 16.4. The number of hydrogen-bond acceptors (Lipinski definition) is 8. The number of benzene rings is 1. The summed E-state index contributed by atoms with van der Waals surface area (Å²) in [6.45, 7) is 2.56. The smallest absolute Gasteiger partial charge is 0.247 e. The van der Waals surface area contributed by atoms with E-state index in [1.54, 1.807) is 18.3 Å². The summed E-state index contributed by atoms with van der Waals surface area (Å²) < 4.78 is 14.2. The van der Waals surface area contributed by atoms with Crippen molar-refractivity contribution in [3.05, 3.63) is 33.5 Å². The molecule has 0 aliphatic carbocycles. The van der Waals surface area contributed by atoms with E-state index in [9.17, 15) is 0 Å². The number of anilines is 1. The summed E-state index contributed by atoms with van der Waals surface area (Å²) in [6, 6.07) is 3.59. The maximum absolute atomic E-state index is 6.69. The van der Waals surface area contributed by atoms with Gasteiger partial charge < -0.3 is 14.4 Å². The van der Waals surface area contributed by atoms with Crippen LogP contribution in [0.3, 0.4) is 0 Å². The molecule has 1 aromatic carbocycles. The van der Waals surface area contributed by atoms with Gasteiger partial charge >= 0.3 is 0 Å². The zero-order valence-corrected chi connectivity index (χ0v) is 23.3. The van der Waals surface area contributed by atoms with E-state index in [1.165, 1.54) is 18.2 Å². The van der Waals surface area contributed by atoms with Gasteiger partial charge in [0.05, 0.1) is 27.5 Å². The highest BCUT2D eigenvalue weighted by molar-refractivity contribution is 7.98. The van der Waals surface area contributed by atoms with Crippen LogP contribution in [0, 0.1) is 0 Å². The second kappa shape index (κ2) is 10.6. The first-order valence-electron chi connectivity index (χ1n) is 12.4. The fourth-order valence-electron chi connectivity index (χ4n) is 4.99. The highest BCUT2D eigenvalue weighted by atomic mass is 35.5. The molecule has 4 aromatic rings. The molecule has 0 N–H and O–H groups in total. The molecule has 37 heavy (non-hydrogen) atoms. The number of aromatic nitrogens is 5. The van der Waals surface area contributed by atoms with Gasteiger partial charge in [0, 0.05) is 19.7 Å². The average molecular weight is 580 g/mol. The summed E-state index contributed by atoms with van der Waals surface area (Å²) in [5.74, 6) is 1.43. The molecule has 2 aliphatic heterocycles. The minimum atomic E-state index is -0.162. The SMILES string of the molecule is CSc1nc(N2CCCCC2)c2cc(Cl)nc(Oc3c(Cl)c(Cl)cc4c3cnn4C3CCCCO3)c2n1. The Bertz CT molecular complexity index is 1470. The Kier molecular flexibility index (Phi) is 7.24. The summed E-state index contributed by atoms with van der Waals surface area (Å²) in [7, 11) is 0. The number of piperidine rings is 1. The zero-order valence-electron chi connectivity index (χ0n) is 20.2. The second-order valence-electron chi connectivity index (χ2n) is 9.17. The van der Waals surface area contributed by atoms with Crippen molar-refractivity contribution in [2.75, 3.05) is 30.9 Å². The van der Waals surface area contributed by atoms with Crippen LogP contribution in [0.15, 0.2) is 23.5 Å². The fourth-order valence-corrected chi connectivity index (χ4v) is 5.92. The minimum absolute atomic E-state index is 0.162. The number of pyridine rings is 1. The lowest BCUT2D eigenvalue weighted by Gasteiger charge is -2.29. The third-order valence-corrected chi connectivity index (χ3v) is 8.31. The largest absolute Gasteiger partial charge is 0.435 e. The van der Waals surface area contributed by atoms with Crippen molar-refractivity contribution >= 4 is 74.2 Å². The molecule has 5 heterocycles. The third-order valence-electron chi connectivity index (χ3n) is 6.80. The number of ether oxygens (including phenoxy) is 2. The molecule has 0 saturated carbocycles. The van der Waals surface area contributed by atoms with E-state index in [1.807, 2.05) is 10.9 Å². The molecule has 3 aromatic heterocycles. The maximum atomic E-state index is 6.69. The van der Waals surface area contributed by atoms with Crippen LogP contribution in [0.1, 0.15) is 44.8 Å². The van der Waals surface area contributed by atoms with Crippen LogP contribution in [0.5, 0.6) is 11.6 Å². The highest BCUT2D eigenvalue weighted by Gasteiger charge is 2.25. The molecule has 1 unspecified atom stereocenters. The molecule has 8 nitrogen and oxygen atoms in total. The Morgan fingerprint density at radius 2 is 1.84 bits per heavy atom. The van der Waals surface area contributed by atoms with Crippen molar-refractivity contribution in [2.24, 2.45) is 0 Å². The van der Waals surface area contributed by atoms with Crippen molar-refractivity contribution in [2.45, 2.75) is 49.9 Å². The van der Waals surface area contributed by atoms with Crippen LogP contribution in [0.25, 0.3) is 21.8 Å². The van der Waals surface area contributed by atoms with Gasteiger partial charge in [-0.1, -0.05) is 46.6 Å². The van der Waals surface area contributed by atoms with E-state index in [0.717, 1.165) is 61.9 Å². The van der Waals surface area contributed by atoms with Gasteiger partial charge in [-0.3, -0.25) is 0 Å². The molecule has 0 radical (unpaired) electrons. The Labute approximate surface area is 233 Å². The molecular formula is C25H25Cl3N6O2S. The maximum Gasteiger partial charge on any atom is 0.247 e. The normalized spacial score (nSPS) is 18.6. The van der Waals surface area contributed by atoms with Gasteiger partial charge in [0.15, 0.2) is 17.1 Å². The first-order valence-corrected chi connectivity index (χ1v) is 14.7. The molecule has 1 atom stereocenters. The molecule has 2 saturated heterocycles. The van der Waals surface area contributed by atoms with Crippen LogP contribution in [0.2, 0.25) is 15.2 Å².